The minimum absolute atomic E-state index is 0.209. The lowest BCUT2D eigenvalue weighted by Gasteiger charge is -2.32. The lowest BCUT2D eigenvalue weighted by Crippen LogP contribution is -2.50. The predicted molar refractivity (Wildman–Crippen MR) is 92.5 cm³/mol. The maximum Gasteiger partial charge on any atom is 0.247 e. The molecule has 5 nitrogen and oxygen atoms in total. The van der Waals surface area contributed by atoms with E-state index in [1.165, 1.54) is 16.8 Å². The number of ketones is 1. The Labute approximate surface area is 144 Å². The van der Waals surface area contributed by atoms with Crippen LogP contribution in [0.2, 0.25) is 5.02 Å². The van der Waals surface area contributed by atoms with Gasteiger partial charge < -0.3 is 9.80 Å². The molecule has 1 aliphatic heterocycles. The first-order valence-corrected chi connectivity index (χ1v) is 7.74. The monoisotopic (exact) mass is 342 g/mol. The van der Waals surface area contributed by atoms with Gasteiger partial charge in [-0.25, -0.2) is 0 Å². The van der Waals surface area contributed by atoms with Crippen LogP contribution in [0, 0.1) is 5.92 Å². The average molecular weight is 343 g/mol. The fourth-order valence-corrected chi connectivity index (χ4v) is 3.06. The summed E-state index contributed by atoms with van der Waals surface area (Å²) in [6.07, 6.45) is 0. The number of halogens is 1. The summed E-state index contributed by atoms with van der Waals surface area (Å²) in [4.78, 5) is 40.8. The first-order valence-electron chi connectivity index (χ1n) is 7.36. The van der Waals surface area contributed by atoms with Gasteiger partial charge in [0.25, 0.3) is 0 Å². The highest BCUT2D eigenvalue weighted by atomic mass is 35.5. The van der Waals surface area contributed by atoms with E-state index >= 15 is 0 Å². The zero-order chi connectivity index (χ0) is 17.4. The third kappa shape index (κ3) is 2.47. The first kappa shape index (κ1) is 16.2. The average Bonchev–Trinajstić information content (AvgIpc) is 2.59. The van der Waals surface area contributed by atoms with E-state index < -0.39 is 23.5 Å². The van der Waals surface area contributed by atoms with E-state index in [1.54, 1.807) is 49.5 Å². The van der Waals surface area contributed by atoms with Gasteiger partial charge in [0.2, 0.25) is 11.8 Å². The second-order valence-corrected chi connectivity index (χ2v) is 5.97. The normalized spacial score (nSPS) is 16.8. The Kier molecular flexibility index (Phi) is 4.11. The van der Waals surface area contributed by atoms with Crippen LogP contribution in [0.4, 0.5) is 11.4 Å². The van der Waals surface area contributed by atoms with Crippen LogP contribution in [0.1, 0.15) is 10.4 Å². The molecule has 1 aliphatic rings. The van der Waals surface area contributed by atoms with Crippen molar-refractivity contribution in [3.8, 4) is 0 Å². The molecule has 122 valence electrons. The van der Waals surface area contributed by atoms with Crippen LogP contribution >= 0.6 is 11.6 Å². The van der Waals surface area contributed by atoms with Crippen molar-refractivity contribution in [2.75, 3.05) is 23.9 Å². The van der Waals surface area contributed by atoms with Crippen molar-refractivity contribution < 1.29 is 14.4 Å². The highest BCUT2D eigenvalue weighted by Crippen LogP contribution is 2.35. The Morgan fingerprint density at radius 1 is 1.08 bits per heavy atom. The molecule has 2 aromatic rings. The number of hydrogen-bond donors (Lipinski definition) is 0. The lowest BCUT2D eigenvalue weighted by atomic mass is 9.89. The molecule has 0 spiro atoms. The predicted octanol–water partition coefficient (Wildman–Crippen LogP) is 2.78. The minimum atomic E-state index is -1.42. The zero-order valence-corrected chi connectivity index (χ0v) is 13.9. The fraction of sp³-hybridized carbons (Fsp3) is 0.167. The highest BCUT2D eigenvalue weighted by molar-refractivity contribution is 6.40. The number of rotatable bonds is 2. The number of amides is 2. The second kappa shape index (κ2) is 6.09. The van der Waals surface area contributed by atoms with Gasteiger partial charge in [0, 0.05) is 19.8 Å². The number of carbonyl (C=O) groups excluding carboxylic acids is 3. The van der Waals surface area contributed by atoms with Gasteiger partial charge in [-0.3, -0.25) is 14.4 Å². The van der Waals surface area contributed by atoms with Crippen molar-refractivity contribution in [3.05, 3.63) is 59.1 Å². The molecule has 0 aromatic heterocycles. The summed E-state index contributed by atoms with van der Waals surface area (Å²) in [5.74, 6) is -3.12. The Balaban J connectivity index is 2.03. The van der Waals surface area contributed by atoms with Crippen LogP contribution in [0.15, 0.2) is 48.5 Å². The largest absolute Gasteiger partial charge is 0.314 e. The highest BCUT2D eigenvalue weighted by Gasteiger charge is 2.44. The molecule has 0 radical (unpaired) electrons. The molecule has 1 atom stereocenters. The minimum Gasteiger partial charge on any atom is -0.314 e. The van der Waals surface area contributed by atoms with Crippen molar-refractivity contribution in [3.63, 3.8) is 0 Å². The van der Waals surface area contributed by atoms with Gasteiger partial charge in [-0.05, 0) is 24.3 Å². The number of carbonyl (C=O) groups is 3. The molecule has 3 rings (SSSR count). The van der Waals surface area contributed by atoms with E-state index in [1.807, 2.05) is 6.07 Å². The number of benzene rings is 2. The number of hydrogen-bond acceptors (Lipinski definition) is 3. The molecule has 6 heteroatoms. The van der Waals surface area contributed by atoms with Gasteiger partial charge in [-0.15, -0.1) is 0 Å². The number of anilines is 2. The Bertz CT molecular complexity index is 835. The molecular formula is C18H15ClN2O3. The number of nitrogens with zero attached hydrogens (tertiary/aromatic N) is 2. The molecule has 0 bridgehead atoms. The molecule has 0 aliphatic carbocycles. The number of fused-ring (bicyclic) bond motifs is 1. The van der Waals surface area contributed by atoms with Crippen molar-refractivity contribution >= 4 is 40.6 Å². The molecule has 0 fully saturated rings. The lowest BCUT2D eigenvalue weighted by molar-refractivity contribution is -0.130. The third-order valence-electron chi connectivity index (χ3n) is 4.16. The van der Waals surface area contributed by atoms with E-state index in [0.29, 0.717) is 11.4 Å². The van der Waals surface area contributed by atoms with E-state index in [2.05, 4.69) is 0 Å². The molecule has 24 heavy (non-hydrogen) atoms. The first-order chi connectivity index (χ1) is 11.4. The van der Waals surface area contributed by atoms with Crippen molar-refractivity contribution in [1.82, 2.24) is 0 Å². The fourth-order valence-electron chi connectivity index (χ4n) is 2.80. The van der Waals surface area contributed by atoms with E-state index in [9.17, 15) is 14.4 Å². The maximum absolute atomic E-state index is 12.8. The summed E-state index contributed by atoms with van der Waals surface area (Å²) in [7, 11) is 3.08. The van der Waals surface area contributed by atoms with Crippen molar-refractivity contribution in [2.45, 2.75) is 0 Å². The summed E-state index contributed by atoms with van der Waals surface area (Å²) in [6, 6.07) is 13.7. The van der Waals surface area contributed by atoms with Gasteiger partial charge in [0.15, 0.2) is 11.7 Å². The van der Waals surface area contributed by atoms with Crippen molar-refractivity contribution in [2.24, 2.45) is 5.92 Å². The van der Waals surface area contributed by atoms with Gasteiger partial charge in [-0.1, -0.05) is 35.9 Å². The van der Waals surface area contributed by atoms with Crippen LogP contribution in [0.5, 0.6) is 0 Å². The SMILES string of the molecule is CN(C(=O)C1C(=O)c2c(Cl)cccc2N(C)C1=O)c1ccccc1. The smallest absolute Gasteiger partial charge is 0.247 e. The van der Waals surface area contributed by atoms with Crippen LogP contribution in [-0.2, 0) is 9.59 Å². The molecular weight excluding hydrogens is 328 g/mol. The number of para-hydroxylation sites is 1. The van der Waals surface area contributed by atoms with Crippen LogP contribution in [-0.4, -0.2) is 31.7 Å². The standard InChI is InChI=1S/C18H15ClN2O3/c1-20(11-7-4-3-5-8-11)17(23)15-16(22)14-12(19)9-6-10-13(14)21(2)18(15)24/h3-10,15H,1-2H3. The molecule has 2 aromatic carbocycles. The molecule has 0 saturated heterocycles. The molecule has 1 heterocycles. The molecule has 1 unspecified atom stereocenters. The van der Waals surface area contributed by atoms with Crippen molar-refractivity contribution in [1.29, 1.82) is 0 Å². The van der Waals surface area contributed by atoms with Gasteiger partial charge in [0.1, 0.15) is 0 Å². The summed E-state index contributed by atoms with van der Waals surface area (Å²) < 4.78 is 0. The van der Waals surface area contributed by atoms with Gasteiger partial charge in [-0.2, -0.15) is 0 Å². The van der Waals surface area contributed by atoms with Crippen LogP contribution < -0.4 is 9.80 Å². The Hall–Kier alpha value is -2.66. The Morgan fingerprint density at radius 3 is 2.42 bits per heavy atom. The number of Topliss-reactive ketones (excluding diaryl/α,β-unsaturated/α-hetero) is 1. The third-order valence-corrected chi connectivity index (χ3v) is 4.48. The van der Waals surface area contributed by atoms with E-state index in [4.69, 9.17) is 11.6 Å². The van der Waals surface area contributed by atoms with Gasteiger partial charge >= 0.3 is 0 Å². The van der Waals surface area contributed by atoms with E-state index in [-0.39, 0.29) is 10.6 Å². The van der Waals surface area contributed by atoms with Crippen LogP contribution in [0.3, 0.4) is 0 Å². The zero-order valence-electron chi connectivity index (χ0n) is 13.2. The summed E-state index contributed by atoms with van der Waals surface area (Å²) >= 11 is 6.13. The van der Waals surface area contributed by atoms with E-state index in [0.717, 1.165) is 0 Å². The molecule has 0 saturated carbocycles. The Morgan fingerprint density at radius 2 is 1.75 bits per heavy atom. The second-order valence-electron chi connectivity index (χ2n) is 5.56. The quantitative estimate of drug-likeness (QED) is 0.788. The summed E-state index contributed by atoms with van der Waals surface area (Å²) in [6.45, 7) is 0. The topological polar surface area (TPSA) is 57.7 Å². The molecule has 0 N–H and O–H groups in total. The summed E-state index contributed by atoms with van der Waals surface area (Å²) in [5.41, 5.74) is 1.24. The summed E-state index contributed by atoms with van der Waals surface area (Å²) in [5, 5.41) is 0.233. The van der Waals surface area contributed by atoms with Crippen LogP contribution in [0.25, 0.3) is 0 Å². The molecule has 2 amide bonds. The maximum atomic E-state index is 12.8. The van der Waals surface area contributed by atoms with Gasteiger partial charge in [0.05, 0.1) is 16.3 Å².